The van der Waals surface area contributed by atoms with E-state index < -0.39 is 0 Å². The Bertz CT molecular complexity index is 884. The first-order chi connectivity index (χ1) is 10.6. The third-order valence-electron chi connectivity index (χ3n) is 3.16. The van der Waals surface area contributed by atoms with E-state index in [1.165, 1.54) is 4.40 Å². The fraction of sp³-hybridized carbons (Fsp3) is 0.133. The lowest BCUT2D eigenvalue weighted by molar-refractivity contribution is -0.122. The number of nitrogens with zero attached hydrogens (tertiary/aromatic N) is 3. The minimum Gasteiger partial charge on any atom is -0.350 e. The zero-order valence-corrected chi connectivity index (χ0v) is 13.2. The molecule has 0 bridgehead atoms. The van der Waals surface area contributed by atoms with Crippen molar-refractivity contribution in [3.05, 3.63) is 69.2 Å². The third kappa shape index (κ3) is 3.09. The van der Waals surface area contributed by atoms with E-state index in [-0.39, 0.29) is 18.1 Å². The standard InChI is InChI=1S/C15H13BrN4O2/c16-12-5-3-4-11(8-12)9-17-14(21)10-20-15(22)19-7-2-1-6-13(19)18-20/h1-8H,9-10H2,(H,17,21). The summed E-state index contributed by atoms with van der Waals surface area (Å²) >= 11 is 3.38. The van der Waals surface area contributed by atoms with Crippen LogP contribution in [-0.2, 0) is 17.9 Å². The zero-order valence-electron chi connectivity index (χ0n) is 11.6. The summed E-state index contributed by atoms with van der Waals surface area (Å²) < 4.78 is 3.52. The van der Waals surface area contributed by atoms with Crippen LogP contribution in [0.1, 0.15) is 5.56 Å². The van der Waals surface area contributed by atoms with Crippen LogP contribution in [0.25, 0.3) is 5.65 Å². The summed E-state index contributed by atoms with van der Waals surface area (Å²) in [6.07, 6.45) is 1.63. The van der Waals surface area contributed by atoms with Gasteiger partial charge in [0, 0.05) is 17.2 Å². The highest BCUT2D eigenvalue weighted by Gasteiger charge is 2.10. The third-order valence-corrected chi connectivity index (χ3v) is 3.65. The van der Waals surface area contributed by atoms with Gasteiger partial charge in [0.15, 0.2) is 5.65 Å². The van der Waals surface area contributed by atoms with Gasteiger partial charge in [-0.05, 0) is 29.8 Å². The lowest BCUT2D eigenvalue weighted by Crippen LogP contribution is -2.32. The molecule has 112 valence electrons. The van der Waals surface area contributed by atoms with Crippen molar-refractivity contribution in [2.24, 2.45) is 0 Å². The molecule has 0 aliphatic heterocycles. The maximum absolute atomic E-state index is 12.1. The largest absolute Gasteiger partial charge is 0.350 e. The van der Waals surface area contributed by atoms with Crippen molar-refractivity contribution in [3.63, 3.8) is 0 Å². The van der Waals surface area contributed by atoms with E-state index in [4.69, 9.17) is 0 Å². The van der Waals surface area contributed by atoms with E-state index in [1.54, 1.807) is 24.4 Å². The highest BCUT2D eigenvalue weighted by molar-refractivity contribution is 9.10. The Balaban J connectivity index is 1.68. The summed E-state index contributed by atoms with van der Waals surface area (Å²) in [7, 11) is 0. The van der Waals surface area contributed by atoms with Crippen LogP contribution in [-0.4, -0.2) is 20.1 Å². The zero-order chi connectivity index (χ0) is 15.5. The monoisotopic (exact) mass is 360 g/mol. The summed E-state index contributed by atoms with van der Waals surface area (Å²) in [5.74, 6) is -0.259. The molecule has 0 unspecified atom stereocenters. The van der Waals surface area contributed by atoms with Crippen molar-refractivity contribution in [2.45, 2.75) is 13.1 Å². The SMILES string of the molecule is O=C(Cn1nc2ccccn2c1=O)NCc1cccc(Br)c1. The molecule has 3 rings (SSSR count). The number of rotatable bonds is 4. The number of carbonyl (C=O) groups excluding carboxylic acids is 1. The molecule has 22 heavy (non-hydrogen) atoms. The number of aromatic nitrogens is 3. The second-order valence-corrected chi connectivity index (χ2v) is 5.69. The van der Waals surface area contributed by atoms with Crippen LogP contribution >= 0.6 is 15.9 Å². The van der Waals surface area contributed by atoms with E-state index in [1.807, 2.05) is 24.3 Å². The Morgan fingerprint density at radius 3 is 2.86 bits per heavy atom. The Morgan fingerprint density at radius 2 is 2.09 bits per heavy atom. The molecular weight excluding hydrogens is 348 g/mol. The molecule has 1 aromatic carbocycles. The van der Waals surface area contributed by atoms with Gasteiger partial charge in [0.2, 0.25) is 5.91 Å². The number of benzene rings is 1. The molecule has 0 fully saturated rings. The molecule has 0 spiro atoms. The second-order valence-electron chi connectivity index (χ2n) is 4.78. The van der Waals surface area contributed by atoms with Gasteiger partial charge in [-0.25, -0.2) is 9.48 Å². The summed E-state index contributed by atoms with van der Waals surface area (Å²) in [6.45, 7) is 0.301. The van der Waals surface area contributed by atoms with E-state index in [2.05, 4.69) is 26.3 Å². The van der Waals surface area contributed by atoms with E-state index >= 15 is 0 Å². The van der Waals surface area contributed by atoms with E-state index in [0.717, 1.165) is 14.7 Å². The van der Waals surface area contributed by atoms with Crippen molar-refractivity contribution in [3.8, 4) is 0 Å². The number of pyridine rings is 1. The first-order valence-electron chi connectivity index (χ1n) is 6.69. The highest BCUT2D eigenvalue weighted by Crippen LogP contribution is 2.11. The number of nitrogens with one attached hydrogen (secondary N) is 1. The fourth-order valence-corrected chi connectivity index (χ4v) is 2.56. The van der Waals surface area contributed by atoms with Crippen LogP contribution < -0.4 is 11.0 Å². The molecule has 0 saturated heterocycles. The second kappa shape index (κ2) is 6.15. The van der Waals surface area contributed by atoms with Gasteiger partial charge in [-0.2, -0.15) is 0 Å². The molecule has 0 radical (unpaired) electrons. The highest BCUT2D eigenvalue weighted by atomic mass is 79.9. The summed E-state index contributed by atoms with van der Waals surface area (Å²) in [4.78, 5) is 24.0. The maximum atomic E-state index is 12.1. The predicted molar refractivity (Wildman–Crippen MR) is 85.4 cm³/mol. The molecule has 0 saturated carbocycles. The van der Waals surface area contributed by atoms with Crippen molar-refractivity contribution < 1.29 is 4.79 Å². The molecule has 0 aliphatic carbocycles. The van der Waals surface area contributed by atoms with Crippen LogP contribution in [0.2, 0.25) is 0 Å². The number of fused-ring (bicyclic) bond motifs is 1. The van der Waals surface area contributed by atoms with Crippen molar-refractivity contribution in [2.75, 3.05) is 0 Å². The first-order valence-corrected chi connectivity index (χ1v) is 7.48. The van der Waals surface area contributed by atoms with Gasteiger partial charge >= 0.3 is 5.69 Å². The summed E-state index contributed by atoms with van der Waals surface area (Å²) in [5.41, 5.74) is 1.17. The number of halogens is 1. The quantitative estimate of drug-likeness (QED) is 0.767. The van der Waals surface area contributed by atoms with Crippen LogP contribution in [0.4, 0.5) is 0 Å². The molecule has 2 heterocycles. The Morgan fingerprint density at radius 1 is 1.23 bits per heavy atom. The summed E-state index contributed by atoms with van der Waals surface area (Å²) in [5, 5.41) is 6.90. The Hall–Kier alpha value is -2.41. The van der Waals surface area contributed by atoms with Gasteiger partial charge in [-0.15, -0.1) is 5.10 Å². The van der Waals surface area contributed by atoms with Gasteiger partial charge in [-0.1, -0.05) is 34.1 Å². The van der Waals surface area contributed by atoms with Crippen LogP contribution in [0.15, 0.2) is 57.9 Å². The molecule has 6 nitrogen and oxygen atoms in total. The van der Waals surface area contributed by atoms with E-state index in [0.29, 0.717) is 12.2 Å². The molecule has 1 N–H and O–H groups in total. The van der Waals surface area contributed by atoms with Crippen molar-refractivity contribution in [1.29, 1.82) is 0 Å². The Kier molecular flexibility index (Phi) is 4.06. The average Bonchev–Trinajstić information content (AvgIpc) is 2.82. The number of hydrogen-bond donors (Lipinski definition) is 1. The number of carbonyl (C=O) groups is 1. The first kappa shape index (κ1) is 14.5. The van der Waals surface area contributed by atoms with Crippen LogP contribution in [0.3, 0.4) is 0 Å². The number of hydrogen-bond acceptors (Lipinski definition) is 3. The Labute approximate surface area is 134 Å². The number of amides is 1. The normalized spacial score (nSPS) is 10.8. The van der Waals surface area contributed by atoms with Crippen molar-refractivity contribution in [1.82, 2.24) is 19.5 Å². The van der Waals surface area contributed by atoms with E-state index in [9.17, 15) is 9.59 Å². The molecule has 0 atom stereocenters. The average molecular weight is 361 g/mol. The van der Waals surface area contributed by atoms with Crippen molar-refractivity contribution >= 4 is 27.5 Å². The van der Waals surface area contributed by atoms with Gasteiger partial charge in [0.25, 0.3) is 0 Å². The molecular formula is C15H13BrN4O2. The van der Waals surface area contributed by atoms with Crippen LogP contribution in [0, 0.1) is 0 Å². The molecule has 7 heteroatoms. The lowest BCUT2D eigenvalue weighted by Gasteiger charge is -2.05. The summed E-state index contributed by atoms with van der Waals surface area (Å²) in [6, 6.07) is 12.9. The minimum atomic E-state index is -0.326. The lowest BCUT2D eigenvalue weighted by atomic mass is 10.2. The molecule has 1 amide bonds. The van der Waals surface area contributed by atoms with Gasteiger partial charge in [-0.3, -0.25) is 9.20 Å². The topological polar surface area (TPSA) is 68.4 Å². The fourth-order valence-electron chi connectivity index (χ4n) is 2.11. The molecule has 3 aromatic rings. The smallest absolute Gasteiger partial charge is 0.350 e. The molecule has 0 aliphatic rings. The minimum absolute atomic E-state index is 0.103. The van der Waals surface area contributed by atoms with Crippen LogP contribution in [0.5, 0.6) is 0 Å². The molecule has 2 aromatic heterocycles. The predicted octanol–water partition coefficient (Wildman–Crippen LogP) is 1.57. The van der Waals surface area contributed by atoms with Gasteiger partial charge in [0.05, 0.1) is 0 Å². The maximum Gasteiger partial charge on any atom is 0.350 e. The van der Waals surface area contributed by atoms with Gasteiger partial charge in [0.1, 0.15) is 6.54 Å². The van der Waals surface area contributed by atoms with Gasteiger partial charge < -0.3 is 5.32 Å².